The van der Waals surface area contributed by atoms with Crippen molar-refractivity contribution in [3.05, 3.63) is 52.6 Å². The largest absolute Gasteiger partial charge is 0.444 e. The van der Waals surface area contributed by atoms with Crippen LogP contribution < -0.4 is 5.32 Å². The summed E-state index contributed by atoms with van der Waals surface area (Å²) in [5.41, 5.74) is 0.832. The van der Waals surface area contributed by atoms with Crippen LogP contribution in [0, 0.1) is 18.6 Å². The minimum atomic E-state index is -2.86. The molecule has 1 fully saturated rings. The number of aromatic nitrogens is 5. The van der Waals surface area contributed by atoms with Crippen molar-refractivity contribution in [3.63, 3.8) is 0 Å². The van der Waals surface area contributed by atoms with E-state index in [-0.39, 0.29) is 29.9 Å². The van der Waals surface area contributed by atoms with Gasteiger partial charge in [-0.2, -0.15) is 18.6 Å². The van der Waals surface area contributed by atoms with Crippen LogP contribution in [0.3, 0.4) is 0 Å². The number of nitrogens with zero attached hydrogens (tertiary/aromatic N) is 6. The number of carbonyl (C=O) groups is 1. The Kier molecular flexibility index (Phi) is 7.81. The van der Waals surface area contributed by atoms with E-state index < -0.39 is 42.0 Å². The number of fused-ring (bicyclic) bond motifs is 1. The number of hydrogen-bond donors (Lipinski definition) is 1. The van der Waals surface area contributed by atoms with Gasteiger partial charge < -0.3 is 19.4 Å². The van der Waals surface area contributed by atoms with E-state index in [0.717, 1.165) is 29.6 Å². The fraction of sp³-hybridized carbons (Fsp3) is 0.556. The van der Waals surface area contributed by atoms with E-state index in [1.807, 2.05) is 11.5 Å². The highest BCUT2D eigenvalue weighted by molar-refractivity contribution is 5.68. The highest BCUT2D eigenvalue weighted by atomic mass is 19.3. The molecule has 3 atom stereocenters. The maximum atomic E-state index is 14.7. The Morgan fingerprint density at radius 1 is 1.20 bits per heavy atom. The quantitative estimate of drug-likeness (QED) is 0.416. The first-order valence-corrected chi connectivity index (χ1v) is 13.4. The Hall–Kier alpha value is -3.52. The summed E-state index contributed by atoms with van der Waals surface area (Å²) >= 11 is 0. The zero-order chi connectivity index (χ0) is 29.6. The highest BCUT2D eigenvalue weighted by Gasteiger charge is 2.41. The van der Waals surface area contributed by atoms with Crippen molar-refractivity contribution >= 4 is 6.09 Å². The SMILES string of the molecule is CCn1c(-c2nc(C)nn2C(F)F)nc2c1CN([C@H]1CO[C@H](c3cc(F)ccc3F)[C@@H](NC(=O)OC(C)(C)C)C1)C2. The summed E-state index contributed by atoms with van der Waals surface area (Å²) in [6, 6.07) is 2.20. The minimum Gasteiger partial charge on any atom is -0.444 e. The van der Waals surface area contributed by atoms with Gasteiger partial charge in [-0.3, -0.25) is 4.90 Å². The second-order valence-electron chi connectivity index (χ2n) is 11.2. The molecule has 14 heteroatoms. The van der Waals surface area contributed by atoms with Gasteiger partial charge in [-0.1, -0.05) is 0 Å². The molecule has 1 amide bonds. The Labute approximate surface area is 234 Å². The van der Waals surface area contributed by atoms with Crippen molar-refractivity contribution < 1.29 is 31.8 Å². The number of nitrogens with one attached hydrogen (secondary N) is 1. The molecule has 1 N–H and O–H groups in total. The molecule has 5 rings (SSSR count). The van der Waals surface area contributed by atoms with Gasteiger partial charge in [0.05, 0.1) is 24.0 Å². The van der Waals surface area contributed by atoms with Crippen molar-refractivity contribution in [2.24, 2.45) is 0 Å². The number of hydrogen-bond acceptors (Lipinski definition) is 7. The number of ether oxygens (including phenoxy) is 2. The van der Waals surface area contributed by atoms with E-state index in [0.29, 0.717) is 36.6 Å². The van der Waals surface area contributed by atoms with Crippen molar-refractivity contribution in [2.75, 3.05) is 6.61 Å². The predicted molar refractivity (Wildman–Crippen MR) is 139 cm³/mol. The number of alkyl carbamates (subject to hydrolysis) is 1. The zero-order valence-corrected chi connectivity index (χ0v) is 23.5. The number of amides is 1. The number of aryl methyl sites for hydroxylation is 1. The van der Waals surface area contributed by atoms with Crippen LogP contribution in [0.4, 0.5) is 22.4 Å². The number of imidazole rings is 1. The third-order valence-electron chi connectivity index (χ3n) is 7.14. The molecule has 41 heavy (non-hydrogen) atoms. The van der Waals surface area contributed by atoms with E-state index in [1.165, 1.54) is 0 Å². The first-order valence-electron chi connectivity index (χ1n) is 13.4. The van der Waals surface area contributed by atoms with E-state index >= 15 is 0 Å². The molecular formula is C27H33F4N7O3. The summed E-state index contributed by atoms with van der Waals surface area (Å²) in [6.07, 6.45) is -1.26. The molecule has 4 heterocycles. The first kappa shape index (κ1) is 29.0. The number of benzene rings is 1. The van der Waals surface area contributed by atoms with Gasteiger partial charge in [0.25, 0.3) is 0 Å². The third-order valence-corrected chi connectivity index (χ3v) is 7.14. The number of rotatable bonds is 6. The first-order chi connectivity index (χ1) is 19.3. The molecular weight excluding hydrogens is 546 g/mol. The van der Waals surface area contributed by atoms with Gasteiger partial charge in [0.2, 0.25) is 0 Å². The lowest BCUT2D eigenvalue weighted by Crippen LogP contribution is -2.52. The molecule has 10 nitrogen and oxygen atoms in total. The summed E-state index contributed by atoms with van der Waals surface area (Å²) in [5, 5.41) is 6.61. The van der Waals surface area contributed by atoms with Crippen molar-refractivity contribution in [3.8, 4) is 11.6 Å². The molecule has 2 aliphatic rings. The summed E-state index contributed by atoms with van der Waals surface area (Å²) in [4.78, 5) is 23.7. The fourth-order valence-corrected chi connectivity index (χ4v) is 5.47. The van der Waals surface area contributed by atoms with Crippen LogP contribution in [-0.4, -0.2) is 59.6 Å². The second-order valence-corrected chi connectivity index (χ2v) is 11.2. The number of alkyl halides is 2. The van der Waals surface area contributed by atoms with Gasteiger partial charge in [-0.05, 0) is 59.2 Å². The van der Waals surface area contributed by atoms with Gasteiger partial charge in [0.1, 0.15) is 29.2 Å². The van der Waals surface area contributed by atoms with Crippen LogP contribution in [0.5, 0.6) is 0 Å². The van der Waals surface area contributed by atoms with E-state index in [2.05, 4.69) is 25.3 Å². The Balaban J connectivity index is 1.38. The standard InChI is InChI=1S/C27H33F4N7O3/c1-6-37-21-12-36(11-20(21)33-23(37)24-32-14(2)35-38(24)25(30)31)16-10-19(34-26(39)41-27(3,4)5)22(40-13-16)17-9-15(28)7-8-18(17)29/h7-9,16,19,22,25H,6,10-13H2,1-5H3,(H,34,39)/t16-,19+,22-/m1/s1. The van der Waals surface area contributed by atoms with Crippen molar-refractivity contribution in [2.45, 2.75) is 91.0 Å². The van der Waals surface area contributed by atoms with Gasteiger partial charge in [-0.15, -0.1) is 0 Å². The minimum absolute atomic E-state index is 0.00267. The van der Waals surface area contributed by atoms with Crippen molar-refractivity contribution in [1.82, 2.24) is 34.5 Å². The van der Waals surface area contributed by atoms with Gasteiger partial charge in [0.15, 0.2) is 11.6 Å². The Morgan fingerprint density at radius 3 is 2.63 bits per heavy atom. The fourth-order valence-electron chi connectivity index (χ4n) is 5.47. The maximum absolute atomic E-state index is 14.7. The molecule has 1 saturated heterocycles. The second kappa shape index (κ2) is 11.0. The summed E-state index contributed by atoms with van der Waals surface area (Å²) < 4.78 is 69.9. The molecule has 0 bridgehead atoms. The monoisotopic (exact) mass is 579 g/mol. The van der Waals surface area contributed by atoms with E-state index in [4.69, 9.17) is 9.47 Å². The molecule has 222 valence electrons. The summed E-state index contributed by atoms with van der Waals surface area (Å²) in [7, 11) is 0. The van der Waals surface area contributed by atoms with Gasteiger partial charge in [0, 0.05) is 31.2 Å². The molecule has 3 aromatic rings. The van der Waals surface area contributed by atoms with Crippen LogP contribution in [-0.2, 0) is 29.1 Å². The van der Waals surface area contributed by atoms with Gasteiger partial charge in [-0.25, -0.2) is 23.5 Å². The molecule has 2 aliphatic heterocycles. The maximum Gasteiger partial charge on any atom is 0.407 e. The summed E-state index contributed by atoms with van der Waals surface area (Å²) in [6.45, 7) is 7.30. The Bertz CT molecular complexity index is 1430. The van der Waals surface area contributed by atoms with Crippen LogP contribution in [0.1, 0.15) is 69.5 Å². The molecule has 0 saturated carbocycles. The normalized spacial score (nSPS) is 21.4. The van der Waals surface area contributed by atoms with Crippen LogP contribution in [0.15, 0.2) is 18.2 Å². The van der Waals surface area contributed by atoms with Crippen LogP contribution >= 0.6 is 0 Å². The predicted octanol–water partition coefficient (Wildman–Crippen LogP) is 4.88. The van der Waals surface area contributed by atoms with E-state index in [9.17, 15) is 22.4 Å². The lowest BCUT2D eigenvalue weighted by atomic mass is 9.92. The molecule has 0 unspecified atom stereocenters. The smallest absolute Gasteiger partial charge is 0.407 e. The topological polar surface area (TPSA) is 99.3 Å². The van der Waals surface area contributed by atoms with Crippen LogP contribution in [0.2, 0.25) is 0 Å². The Morgan fingerprint density at radius 2 is 1.95 bits per heavy atom. The molecule has 0 spiro atoms. The average Bonchev–Trinajstić information content (AvgIpc) is 3.56. The lowest BCUT2D eigenvalue weighted by molar-refractivity contribution is -0.0630. The molecule has 2 aromatic heterocycles. The lowest BCUT2D eigenvalue weighted by Gasteiger charge is -2.40. The highest BCUT2D eigenvalue weighted by Crippen LogP contribution is 2.36. The molecule has 0 aliphatic carbocycles. The third kappa shape index (κ3) is 5.94. The molecule has 0 radical (unpaired) electrons. The van der Waals surface area contributed by atoms with Gasteiger partial charge >= 0.3 is 12.6 Å². The van der Waals surface area contributed by atoms with E-state index in [1.54, 1.807) is 27.7 Å². The van der Waals surface area contributed by atoms with Crippen LogP contribution in [0.25, 0.3) is 11.6 Å². The van der Waals surface area contributed by atoms with Crippen molar-refractivity contribution in [1.29, 1.82) is 0 Å². The molecule has 1 aromatic carbocycles. The number of halogens is 4. The average molecular weight is 580 g/mol. The summed E-state index contributed by atoms with van der Waals surface area (Å²) in [5.74, 6) is -0.707. The number of carbonyl (C=O) groups excluding carboxylic acids is 1. The zero-order valence-electron chi connectivity index (χ0n) is 23.5.